The maximum Gasteiger partial charge on any atom is 0.170 e. The maximum atomic E-state index is 9.14. The fraction of sp³-hybridized carbons (Fsp3) is 0.538. The molecule has 1 rings (SSSR count). The quantitative estimate of drug-likeness (QED) is 0.409. The molecular weight excluding hydrogens is 218 g/mol. The molecule has 0 aromatic carbocycles. The highest BCUT2D eigenvalue weighted by molar-refractivity contribution is 5.39. The summed E-state index contributed by atoms with van der Waals surface area (Å²) in [5, 5.41) is 30.0. The topological polar surface area (TPSA) is 72.7 Å². The number of aliphatic hydroxyl groups is 3. The Morgan fingerprint density at radius 1 is 1.41 bits per heavy atom. The van der Waals surface area contributed by atoms with E-state index in [1.807, 2.05) is 6.08 Å². The van der Waals surface area contributed by atoms with E-state index in [0.717, 1.165) is 24.8 Å². The van der Waals surface area contributed by atoms with E-state index >= 15 is 0 Å². The van der Waals surface area contributed by atoms with Crippen molar-refractivity contribution >= 4 is 0 Å². The van der Waals surface area contributed by atoms with Gasteiger partial charge in [-0.15, -0.1) is 0 Å². The molecule has 2 atom stereocenters. The molecule has 1 aliphatic carbocycles. The van der Waals surface area contributed by atoms with E-state index in [2.05, 4.69) is 17.2 Å². The first-order chi connectivity index (χ1) is 8.09. The zero-order chi connectivity index (χ0) is 12.7. The van der Waals surface area contributed by atoms with Crippen molar-refractivity contribution in [2.75, 3.05) is 0 Å². The van der Waals surface area contributed by atoms with Gasteiger partial charge in [0, 0.05) is 12.0 Å². The molecule has 2 unspecified atom stereocenters. The van der Waals surface area contributed by atoms with E-state index in [4.69, 9.17) is 15.3 Å². The highest BCUT2D eigenvalue weighted by Gasteiger charge is 2.14. The first-order valence-electron chi connectivity index (χ1n) is 5.77. The lowest BCUT2D eigenvalue weighted by Crippen LogP contribution is -2.43. The van der Waals surface area contributed by atoms with Crippen molar-refractivity contribution < 1.29 is 15.3 Å². The Balaban J connectivity index is 2.64. The summed E-state index contributed by atoms with van der Waals surface area (Å²) in [6.45, 7) is 1.52. The average molecular weight is 237 g/mol. The van der Waals surface area contributed by atoms with Crippen LogP contribution in [0.15, 0.2) is 23.8 Å². The summed E-state index contributed by atoms with van der Waals surface area (Å²) in [5.74, 6) is 6.03. The molecule has 4 nitrogen and oxygen atoms in total. The van der Waals surface area contributed by atoms with Gasteiger partial charge < -0.3 is 15.3 Å². The molecule has 0 spiro atoms. The van der Waals surface area contributed by atoms with Gasteiger partial charge in [0.1, 0.15) is 6.23 Å². The summed E-state index contributed by atoms with van der Waals surface area (Å²) in [6.07, 6.45) is 5.94. The predicted molar refractivity (Wildman–Crippen MR) is 65.7 cm³/mol. The third-order valence-corrected chi connectivity index (χ3v) is 2.34. The van der Waals surface area contributed by atoms with Gasteiger partial charge in [-0.1, -0.05) is 24.0 Å². The molecular formula is C13H19NO3. The highest BCUT2D eigenvalue weighted by Crippen LogP contribution is 2.07. The number of hydrogen-bond acceptors (Lipinski definition) is 4. The van der Waals surface area contributed by atoms with E-state index in [9.17, 15) is 0 Å². The standard InChI is InChI=1S/C13H19NO3/c1-10(15)14-12(13(16)17)9-8-11-6-4-2-3-5-7-11/h6,8-10,12-17H,2-4H2,1H3/b9-8+. The summed E-state index contributed by atoms with van der Waals surface area (Å²) in [5.41, 5.74) is 0.876. The van der Waals surface area contributed by atoms with Crippen molar-refractivity contribution in [3.8, 4) is 11.8 Å². The van der Waals surface area contributed by atoms with Crippen LogP contribution in [0.3, 0.4) is 0 Å². The van der Waals surface area contributed by atoms with Gasteiger partial charge in [0.2, 0.25) is 0 Å². The predicted octanol–water partition coefficient (Wildman–Crippen LogP) is 0.263. The molecule has 0 aromatic rings. The third kappa shape index (κ3) is 5.66. The minimum atomic E-state index is -1.56. The molecule has 4 heteroatoms. The van der Waals surface area contributed by atoms with Crippen LogP contribution in [0.2, 0.25) is 0 Å². The lowest BCUT2D eigenvalue weighted by atomic mass is 10.1. The Hall–Kier alpha value is -1.12. The van der Waals surface area contributed by atoms with Crippen LogP contribution in [0, 0.1) is 11.8 Å². The zero-order valence-electron chi connectivity index (χ0n) is 9.93. The fourth-order valence-corrected chi connectivity index (χ4v) is 1.50. The van der Waals surface area contributed by atoms with Crippen LogP contribution < -0.4 is 5.32 Å². The van der Waals surface area contributed by atoms with Crippen LogP contribution in [-0.2, 0) is 0 Å². The molecule has 0 aliphatic heterocycles. The van der Waals surface area contributed by atoms with Gasteiger partial charge in [-0.25, -0.2) is 0 Å². The van der Waals surface area contributed by atoms with Crippen molar-refractivity contribution in [1.82, 2.24) is 5.32 Å². The molecule has 1 aliphatic rings. The van der Waals surface area contributed by atoms with Crippen molar-refractivity contribution in [1.29, 1.82) is 0 Å². The first-order valence-corrected chi connectivity index (χ1v) is 5.77. The molecule has 94 valence electrons. The first kappa shape index (κ1) is 13.9. The summed E-state index contributed by atoms with van der Waals surface area (Å²) < 4.78 is 0. The van der Waals surface area contributed by atoms with Crippen molar-refractivity contribution in [2.24, 2.45) is 0 Å². The lowest BCUT2D eigenvalue weighted by Gasteiger charge is -2.18. The van der Waals surface area contributed by atoms with Crippen LogP contribution in [0.25, 0.3) is 0 Å². The van der Waals surface area contributed by atoms with Gasteiger partial charge in [-0.05, 0) is 25.8 Å². The number of aliphatic hydroxyl groups excluding tert-OH is 2. The van der Waals surface area contributed by atoms with Crippen molar-refractivity contribution in [3.63, 3.8) is 0 Å². The van der Waals surface area contributed by atoms with Gasteiger partial charge >= 0.3 is 0 Å². The summed E-state index contributed by atoms with van der Waals surface area (Å²) >= 11 is 0. The minimum absolute atomic E-state index is 0.707. The minimum Gasteiger partial charge on any atom is -0.379 e. The molecule has 0 bridgehead atoms. The van der Waals surface area contributed by atoms with E-state index < -0.39 is 18.6 Å². The molecule has 0 saturated carbocycles. The van der Waals surface area contributed by atoms with Crippen LogP contribution in [0.5, 0.6) is 0 Å². The Morgan fingerprint density at radius 2 is 2.18 bits per heavy atom. The van der Waals surface area contributed by atoms with Gasteiger partial charge in [-0.2, -0.15) is 0 Å². The normalized spacial score (nSPS) is 19.5. The van der Waals surface area contributed by atoms with Crippen LogP contribution in [-0.4, -0.2) is 33.9 Å². The van der Waals surface area contributed by atoms with E-state index in [0.29, 0.717) is 0 Å². The van der Waals surface area contributed by atoms with Gasteiger partial charge in [-0.3, -0.25) is 5.32 Å². The molecule has 0 heterocycles. The SMILES string of the molecule is CC(O)NC(/C=C/C1=CCCCC#C1)C(O)O. The van der Waals surface area contributed by atoms with E-state index in [1.54, 1.807) is 12.2 Å². The van der Waals surface area contributed by atoms with E-state index in [1.165, 1.54) is 6.92 Å². The van der Waals surface area contributed by atoms with Gasteiger partial charge in [0.25, 0.3) is 0 Å². The second-order valence-corrected chi connectivity index (χ2v) is 3.99. The smallest absolute Gasteiger partial charge is 0.170 e. The molecule has 0 saturated heterocycles. The molecule has 0 radical (unpaired) electrons. The number of nitrogens with one attached hydrogen (secondary N) is 1. The monoisotopic (exact) mass is 237 g/mol. The van der Waals surface area contributed by atoms with Gasteiger partial charge in [0.05, 0.1) is 6.04 Å². The highest BCUT2D eigenvalue weighted by atomic mass is 16.5. The average Bonchev–Trinajstić information content (AvgIpc) is 2.51. The maximum absolute atomic E-state index is 9.14. The Kier molecular flexibility index (Phi) is 5.95. The summed E-state index contributed by atoms with van der Waals surface area (Å²) in [6, 6.07) is -0.707. The molecule has 17 heavy (non-hydrogen) atoms. The Morgan fingerprint density at radius 3 is 2.82 bits per heavy atom. The third-order valence-electron chi connectivity index (χ3n) is 2.34. The van der Waals surface area contributed by atoms with Crippen LogP contribution in [0.4, 0.5) is 0 Å². The second kappa shape index (κ2) is 7.25. The second-order valence-electron chi connectivity index (χ2n) is 3.99. The Bertz CT molecular complexity index is 347. The molecule has 0 fully saturated rings. The Labute approximate surface area is 102 Å². The summed E-state index contributed by atoms with van der Waals surface area (Å²) in [7, 11) is 0. The number of hydrogen-bond donors (Lipinski definition) is 4. The zero-order valence-corrected chi connectivity index (χ0v) is 9.93. The molecule has 4 N–H and O–H groups in total. The fourth-order valence-electron chi connectivity index (χ4n) is 1.50. The van der Waals surface area contributed by atoms with Crippen LogP contribution >= 0.6 is 0 Å². The largest absolute Gasteiger partial charge is 0.379 e. The van der Waals surface area contributed by atoms with Crippen molar-refractivity contribution in [2.45, 2.75) is 44.7 Å². The molecule has 0 amide bonds. The summed E-state index contributed by atoms with van der Waals surface area (Å²) in [4.78, 5) is 0. The number of rotatable bonds is 5. The van der Waals surface area contributed by atoms with Gasteiger partial charge in [0.15, 0.2) is 6.29 Å². The van der Waals surface area contributed by atoms with Crippen LogP contribution in [0.1, 0.15) is 26.2 Å². The lowest BCUT2D eigenvalue weighted by molar-refractivity contribution is -0.0651. The van der Waals surface area contributed by atoms with Crippen molar-refractivity contribution in [3.05, 3.63) is 23.8 Å². The number of allylic oxidation sites excluding steroid dienone is 3. The molecule has 0 aromatic heterocycles. The van der Waals surface area contributed by atoms with E-state index in [-0.39, 0.29) is 0 Å².